The largest absolute Gasteiger partial charge is 0.355 e. The van der Waals surface area contributed by atoms with E-state index in [0.717, 1.165) is 16.9 Å². The topological polar surface area (TPSA) is 112 Å². The van der Waals surface area contributed by atoms with Gasteiger partial charge in [0.25, 0.3) is 0 Å². The molecule has 0 saturated heterocycles. The molecule has 0 aliphatic carbocycles. The maximum Gasteiger partial charge on any atom is 0.227 e. The molecule has 20 heavy (non-hydrogen) atoms. The molecule has 3 rings (SSSR count). The molecule has 0 aliphatic heterocycles. The van der Waals surface area contributed by atoms with Gasteiger partial charge in [-0.2, -0.15) is 5.21 Å². The second-order valence-corrected chi connectivity index (χ2v) is 4.31. The molecular weight excluding hydrogens is 258 g/mol. The molecule has 0 spiro atoms. The molecule has 0 atom stereocenters. The van der Waals surface area contributed by atoms with Crippen LogP contribution in [0.5, 0.6) is 0 Å². The van der Waals surface area contributed by atoms with Crippen LogP contribution >= 0.6 is 0 Å². The molecule has 8 nitrogen and oxygen atoms in total. The standard InChI is InChI=1S/C12H13N7O/c20-12(7-11-16-18-19-17-11)13-6-5-10-14-8-3-1-2-4-9(8)15-10/h1-4H,5-7H2,(H,13,20)(H,14,15)(H,16,17,18,19). The Bertz CT molecular complexity index is 671. The number of tetrazole rings is 1. The van der Waals surface area contributed by atoms with E-state index in [0.29, 0.717) is 18.8 Å². The number of benzene rings is 1. The molecule has 2 heterocycles. The van der Waals surface area contributed by atoms with E-state index in [9.17, 15) is 4.79 Å². The first-order valence-electron chi connectivity index (χ1n) is 6.24. The fourth-order valence-electron chi connectivity index (χ4n) is 1.91. The van der Waals surface area contributed by atoms with Crippen LogP contribution in [0.25, 0.3) is 11.0 Å². The Morgan fingerprint density at radius 3 is 3.00 bits per heavy atom. The average Bonchev–Trinajstić information content (AvgIpc) is 3.07. The molecule has 0 aliphatic rings. The van der Waals surface area contributed by atoms with Crippen LogP contribution in [-0.4, -0.2) is 43.0 Å². The highest BCUT2D eigenvalue weighted by molar-refractivity contribution is 5.77. The number of hydrogen-bond donors (Lipinski definition) is 3. The van der Waals surface area contributed by atoms with E-state index in [1.54, 1.807) is 0 Å². The van der Waals surface area contributed by atoms with Crippen LogP contribution in [0.1, 0.15) is 11.6 Å². The van der Waals surface area contributed by atoms with Crippen LogP contribution in [-0.2, 0) is 17.6 Å². The summed E-state index contributed by atoms with van der Waals surface area (Å²) < 4.78 is 0. The van der Waals surface area contributed by atoms with Crippen molar-refractivity contribution < 1.29 is 4.79 Å². The zero-order chi connectivity index (χ0) is 13.8. The molecule has 0 unspecified atom stereocenters. The van der Waals surface area contributed by atoms with Crippen molar-refractivity contribution in [1.29, 1.82) is 0 Å². The zero-order valence-electron chi connectivity index (χ0n) is 10.6. The SMILES string of the molecule is O=C(Cc1nn[nH]n1)NCCc1nc2ccccc2[nH]1. The number of nitrogens with zero attached hydrogens (tertiary/aromatic N) is 4. The van der Waals surface area contributed by atoms with Crippen LogP contribution in [0, 0.1) is 0 Å². The molecule has 1 aromatic carbocycles. The Morgan fingerprint density at radius 1 is 1.30 bits per heavy atom. The summed E-state index contributed by atoms with van der Waals surface area (Å²) in [5, 5.41) is 15.9. The Hall–Kier alpha value is -2.77. The normalized spacial score (nSPS) is 10.8. The first kappa shape index (κ1) is 12.3. The van der Waals surface area contributed by atoms with Gasteiger partial charge in [0, 0.05) is 13.0 Å². The Balaban J connectivity index is 1.51. The Morgan fingerprint density at radius 2 is 2.20 bits per heavy atom. The molecule has 0 bridgehead atoms. The molecule has 0 radical (unpaired) electrons. The summed E-state index contributed by atoms with van der Waals surface area (Å²) in [6.07, 6.45) is 0.767. The lowest BCUT2D eigenvalue weighted by molar-refractivity contribution is -0.120. The number of H-pyrrole nitrogens is 2. The fourth-order valence-corrected chi connectivity index (χ4v) is 1.91. The van der Waals surface area contributed by atoms with E-state index in [1.165, 1.54) is 0 Å². The van der Waals surface area contributed by atoms with E-state index in [2.05, 4.69) is 35.9 Å². The summed E-state index contributed by atoms with van der Waals surface area (Å²) in [6.45, 7) is 0.510. The van der Waals surface area contributed by atoms with Crippen molar-refractivity contribution in [3.8, 4) is 0 Å². The molecule has 2 aromatic heterocycles. The molecule has 8 heteroatoms. The minimum Gasteiger partial charge on any atom is -0.355 e. The number of amides is 1. The van der Waals surface area contributed by atoms with Crippen LogP contribution in [0.2, 0.25) is 0 Å². The van der Waals surface area contributed by atoms with Crippen molar-refractivity contribution in [2.45, 2.75) is 12.8 Å². The van der Waals surface area contributed by atoms with Gasteiger partial charge < -0.3 is 10.3 Å². The van der Waals surface area contributed by atoms with E-state index in [1.807, 2.05) is 24.3 Å². The first-order valence-corrected chi connectivity index (χ1v) is 6.24. The van der Waals surface area contributed by atoms with Crippen molar-refractivity contribution in [3.63, 3.8) is 0 Å². The maximum absolute atomic E-state index is 11.6. The van der Waals surface area contributed by atoms with Gasteiger partial charge in [0.2, 0.25) is 5.91 Å². The van der Waals surface area contributed by atoms with Crippen LogP contribution in [0.3, 0.4) is 0 Å². The van der Waals surface area contributed by atoms with Gasteiger partial charge >= 0.3 is 0 Å². The summed E-state index contributed by atoms with van der Waals surface area (Å²) in [5.74, 6) is 1.10. The number of rotatable bonds is 5. The monoisotopic (exact) mass is 271 g/mol. The predicted molar refractivity (Wildman–Crippen MR) is 70.7 cm³/mol. The minimum atomic E-state index is -0.137. The van der Waals surface area contributed by atoms with Crippen LogP contribution < -0.4 is 5.32 Å². The van der Waals surface area contributed by atoms with Crippen molar-refractivity contribution in [2.24, 2.45) is 0 Å². The highest BCUT2D eigenvalue weighted by atomic mass is 16.1. The smallest absolute Gasteiger partial charge is 0.227 e. The number of carbonyl (C=O) groups is 1. The highest BCUT2D eigenvalue weighted by Crippen LogP contribution is 2.10. The zero-order valence-corrected chi connectivity index (χ0v) is 10.6. The molecular formula is C12H13N7O. The van der Waals surface area contributed by atoms with E-state index >= 15 is 0 Å². The van der Waals surface area contributed by atoms with Crippen molar-refractivity contribution >= 4 is 16.9 Å². The summed E-state index contributed by atoms with van der Waals surface area (Å²) in [5.41, 5.74) is 1.93. The van der Waals surface area contributed by atoms with Gasteiger partial charge in [-0.1, -0.05) is 17.3 Å². The molecule has 1 amide bonds. The molecule has 102 valence electrons. The highest BCUT2D eigenvalue weighted by Gasteiger charge is 2.07. The van der Waals surface area contributed by atoms with E-state index in [4.69, 9.17) is 0 Å². The van der Waals surface area contributed by atoms with Gasteiger partial charge in [-0.15, -0.1) is 10.2 Å². The Kier molecular flexibility index (Phi) is 3.36. The number of hydrogen-bond acceptors (Lipinski definition) is 5. The number of aromatic amines is 2. The molecule has 0 fully saturated rings. The quantitative estimate of drug-likeness (QED) is 0.603. The first-order chi connectivity index (χ1) is 9.81. The van der Waals surface area contributed by atoms with Gasteiger partial charge in [-0.3, -0.25) is 4.79 Å². The lowest BCUT2D eigenvalue weighted by Gasteiger charge is -2.01. The van der Waals surface area contributed by atoms with Gasteiger partial charge in [-0.25, -0.2) is 4.98 Å². The lowest BCUT2D eigenvalue weighted by Crippen LogP contribution is -2.27. The fraction of sp³-hybridized carbons (Fsp3) is 0.250. The number of carbonyl (C=O) groups excluding carboxylic acids is 1. The van der Waals surface area contributed by atoms with Crippen molar-refractivity contribution in [3.05, 3.63) is 35.9 Å². The van der Waals surface area contributed by atoms with Crippen LogP contribution in [0.4, 0.5) is 0 Å². The average molecular weight is 271 g/mol. The van der Waals surface area contributed by atoms with Gasteiger partial charge in [0.05, 0.1) is 17.5 Å². The van der Waals surface area contributed by atoms with Crippen molar-refractivity contribution in [1.82, 2.24) is 35.9 Å². The summed E-state index contributed by atoms with van der Waals surface area (Å²) in [7, 11) is 0. The summed E-state index contributed by atoms with van der Waals surface area (Å²) >= 11 is 0. The van der Waals surface area contributed by atoms with Crippen molar-refractivity contribution in [2.75, 3.05) is 6.54 Å². The third-order valence-corrected chi connectivity index (χ3v) is 2.83. The maximum atomic E-state index is 11.6. The lowest BCUT2D eigenvalue weighted by atomic mass is 10.3. The molecule has 3 N–H and O–H groups in total. The minimum absolute atomic E-state index is 0.122. The van der Waals surface area contributed by atoms with Gasteiger partial charge in [-0.05, 0) is 12.1 Å². The summed E-state index contributed by atoms with van der Waals surface area (Å²) in [6, 6.07) is 7.82. The van der Waals surface area contributed by atoms with E-state index in [-0.39, 0.29) is 12.3 Å². The third-order valence-electron chi connectivity index (χ3n) is 2.83. The van der Waals surface area contributed by atoms with Gasteiger partial charge in [0.1, 0.15) is 5.82 Å². The van der Waals surface area contributed by atoms with Crippen LogP contribution in [0.15, 0.2) is 24.3 Å². The second kappa shape index (κ2) is 5.47. The Labute approximate surface area is 114 Å². The number of nitrogens with one attached hydrogen (secondary N) is 3. The number of para-hydroxylation sites is 2. The number of fused-ring (bicyclic) bond motifs is 1. The molecule has 3 aromatic rings. The van der Waals surface area contributed by atoms with Gasteiger partial charge in [0.15, 0.2) is 5.82 Å². The number of aromatic nitrogens is 6. The third kappa shape index (κ3) is 2.79. The second-order valence-electron chi connectivity index (χ2n) is 4.31. The predicted octanol–water partition coefficient (Wildman–Crippen LogP) is -0.0226. The summed E-state index contributed by atoms with van der Waals surface area (Å²) in [4.78, 5) is 19.3. The number of imidazole rings is 1. The van der Waals surface area contributed by atoms with E-state index < -0.39 is 0 Å². The molecule has 0 saturated carbocycles.